The zero-order valence-electron chi connectivity index (χ0n) is 19.4. The van der Waals surface area contributed by atoms with Crippen molar-refractivity contribution >= 4 is 17.1 Å². The minimum atomic E-state index is -0.124. The number of anilines is 1. The van der Waals surface area contributed by atoms with E-state index in [1.54, 1.807) is 7.11 Å². The Labute approximate surface area is 195 Å². The van der Waals surface area contributed by atoms with Crippen LogP contribution >= 0.6 is 0 Å². The van der Waals surface area contributed by atoms with Gasteiger partial charge in [0.15, 0.2) is 0 Å². The molecule has 3 aromatic rings. The molecule has 0 saturated carbocycles. The highest BCUT2D eigenvalue weighted by Crippen LogP contribution is 2.28. The number of ether oxygens (including phenoxy) is 1. The highest BCUT2D eigenvalue weighted by Gasteiger charge is 2.21. The van der Waals surface area contributed by atoms with Crippen LogP contribution in [0.3, 0.4) is 0 Å². The quantitative estimate of drug-likeness (QED) is 0.538. The van der Waals surface area contributed by atoms with E-state index in [1.807, 2.05) is 47.9 Å². The number of piperazine rings is 1. The Balaban J connectivity index is 1.22. The van der Waals surface area contributed by atoms with Crippen LogP contribution in [0.25, 0.3) is 5.52 Å². The minimum absolute atomic E-state index is 0.124. The first kappa shape index (κ1) is 22.7. The number of unbranched alkanes of at least 4 members (excludes halogenated alkanes) is 1. The third kappa shape index (κ3) is 4.81. The molecule has 1 amide bonds. The van der Waals surface area contributed by atoms with E-state index in [1.165, 1.54) is 0 Å². The lowest BCUT2D eigenvalue weighted by molar-refractivity contribution is 0.0946. The van der Waals surface area contributed by atoms with Gasteiger partial charge in [0.25, 0.3) is 5.91 Å². The molecule has 0 bridgehead atoms. The molecule has 2 aromatic heterocycles. The van der Waals surface area contributed by atoms with Crippen molar-refractivity contribution in [2.75, 3.05) is 51.3 Å². The molecule has 0 radical (unpaired) electrons. The van der Waals surface area contributed by atoms with Gasteiger partial charge in [0.2, 0.25) is 0 Å². The van der Waals surface area contributed by atoms with Gasteiger partial charge in [-0.2, -0.15) is 5.26 Å². The van der Waals surface area contributed by atoms with Gasteiger partial charge in [-0.25, -0.2) is 0 Å². The number of methoxy groups -OCH3 is 1. The van der Waals surface area contributed by atoms with E-state index in [0.29, 0.717) is 17.8 Å². The predicted molar refractivity (Wildman–Crippen MR) is 130 cm³/mol. The average Bonchev–Trinajstić information content (AvgIpc) is 3.15. The van der Waals surface area contributed by atoms with Crippen molar-refractivity contribution in [2.24, 2.45) is 0 Å². The smallest absolute Gasteiger partial charge is 0.268 e. The van der Waals surface area contributed by atoms with Gasteiger partial charge >= 0.3 is 0 Å². The number of nitrogens with zero attached hydrogens (tertiary/aromatic N) is 4. The molecule has 1 aliphatic heterocycles. The predicted octanol–water partition coefficient (Wildman–Crippen LogP) is 3.46. The standard InChI is InChI=1S/C26H31N5O2/c1-20-21(19-27)22-9-5-7-14-31(22)25(20)26(32)28-12-6-8-13-29-15-17-30(18-16-29)23-10-3-4-11-24(23)33-2/h3-5,7,9-11,14H,6,8,12-13,15-18H2,1-2H3,(H,28,32). The lowest BCUT2D eigenvalue weighted by atomic mass is 10.1. The van der Waals surface area contributed by atoms with Gasteiger partial charge in [-0.1, -0.05) is 18.2 Å². The number of rotatable bonds is 8. The number of aromatic nitrogens is 1. The largest absolute Gasteiger partial charge is 0.495 e. The van der Waals surface area contributed by atoms with E-state index in [-0.39, 0.29) is 5.91 Å². The fourth-order valence-corrected chi connectivity index (χ4v) is 4.60. The summed E-state index contributed by atoms with van der Waals surface area (Å²) >= 11 is 0. The van der Waals surface area contributed by atoms with Crippen LogP contribution in [0.5, 0.6) is 5.75 Å². The molecule has 33 heavy (non-hydrogen) atoms. The number of hydrogen-bond donors (Lipinski definition) is 1. The Morgan fingerprint density at radius 3 is 2.61 bits per heavy atom. The number of amides is 1. The number of hydrogen-bond acceptors (Lipinski definition) is 5. The van der Waals surface area contributed by atoms with Crippen LogP contribution in [0.15, 0.2) is 48.7 Å². The number of nitriles is 1. The number of pyridine rings is 1. The first-order valence-corrected chi connectivity index (χ1v) is 11.5. The fraction of sp³-hybridized carbons (Fsp3) is 0.385. The maximum Gasteiger partial charge on any atom is 0.268 e. The van der Waals surface area contributed by atoms with E-state index in [4.69, 9.17) is 4.74 Å². The molecule has 4 rings (SSSR count). The summed E-state index contributed by atoms with van der Waals surface area (Å²) in [6.45, 7) is 7.51. The summed E-state index contributed by atoms with van der Waals surface area (Å²) in [6.07, 6.45) is 3.79. The van der Waals surface area contributed by atoms with E-state index in [2.05, 4.69) is 33.3 Å². The van der Waals surface area contributed by atoms with Crippen LogP contribution in [-0.2, 0) is 0 Å². The molecular formula is C26H31N5O2. The molecule has 1 fully saturated rings. The van der Waals surface area contributed by atoms with E-state index in [0.717, 1.165) is 68.1 Å². The second-order valence-corrected chi connectivity index (χ2v) is 8.38. The maximum atomic E-state index is 12.8. The third-order valence-electron chi connectivity index (χ3n) is 6.40. The van der Waals surface area contributed by atoms with Crippen molar-refractivity contribution < 1.29 is 9.53 Å². The molecule has 0 unspecified atom stereocenters. The molecule has 1 saturated heterocycles. The molecule has 1 aromatic carbocycles. The molecule has 1 aliphatic rings. The van der Waals surface area contributed by atoms with Gasteiger partial charge in [-0.05, 0) is 56.1 Å². The SMILES string of the molecule is COc1ccccc1N1CCN(CCCCNC(=O)c2c(C)c(C#N)c3ccccn23)CC1. The van der Waals surface area contributed by atoms with Crippen molar-refractivity contribution in [2.45, 2.75) is 19.8 Å². The molecular weight excluding hydrogens is 414 g/mol. The van der Waals surface area contributed by atoms with Crippen molar-refractivity contribution in [3.8, 4) is 11.8 Å². The Hall–Kier alpha value is -3.50. The van der Waals surface area contributed by atoms with Crippen LogP contribution in [0, 0.1) is 18.3 Å². The number of carbonyl (C=O) groups is 1. The van der Waals surface area contributed by atoms with Crippen molar-refractivity contribution in [1.82, 2.24) is 14.6 Å². The molecule has 3 heterocycles. The second kappa shape index (κ2) is 10.4. The Morgan fingerprint density at radius 1 is 1.09 bits per heavy atom. The Bertz CT molecular complexity index is 1160. The molecule has 0 spiro atoms. The summed E-state index contributed by atoms with van der Waals surface area (Å²) in [6, 6.07) is 16.0. The lowest BCUT2D eigenvalue weighted by Crippen LogP contribution is -2.46. The van der Waals surface area contributed by atoms with Crippen molar-refractivity contribution in [3.63, 3.8) is 0 Å². The van der Waals surface area contributed by atoms with Crippen LogP contribution in [0.1, 0.15) is 34.5 Å². The Kier molecular flexibility index (Phi) is 7.16. The minimum Gasteiger partial charge on any atom is -0.495 e. The monoisotopic (exact) mass is 445 g/mol. The summed E-state index contributed by atoms with van der Waals surface area (Å²) in [7, 11) is 1.72. The number of carbonyl (C=O) groups excluding carboxylic acids is 1. The molecule has 1 N–H and O–H groups in total. The first-order chi connectivity index (χ1) is 16.1. The third-order valence-corrected chi connectivity index (χ3v) is 6.40. The maximum absolute atomic E-state index is 12.8. The van der Waals surface area contributed by atoms with Crippen LogP contribution in [0.4, 0.5) is 5.69 Å². The van der Waals surface area contributed by atoms with Gasteiger partial charge in [0.05, 0.1) is 23.9 Å². The second-order valence-electron chi connectivity index (χ2n) is 8.38. The highest BCUT2D eigenvalue weighted by atomic mass is 16.5. The molecule has 0 atom stereocenters. The summed E-state index contributed by atoms with van der Waals surface area (Å²) in [4.78, 5) is 17.7. The summed E-state index contributed by atoms with van der Waals surface area (Å²) in [5.74, 6) is 0.801. The number of benzene rings is 1. The Morgan fingerprint density at radius 2 is 1.85 bits per heavy atom. The number of para-hydroxylation sites is 2. The average molecular weight is 446 g/mol. The molecule has 0 aliphatic carbocycles. The molecule has 7 heteroatoms. The van der Waals surface area contributed by atoms with Crippen molar-refractivity contribution in [1.29, 1.82) is 5.26 Å². The zero-order valence-corrected chi connectivity index (χ0v) is 19.4. The summed E-state index contributed by atoms with van der Waals surface area (Å²) < 4.78 is 7.31. The van der Waals surface area contributed by atoms with Gasteiger partial charge in [-0.3, -0.25) is 9.69 Å². The fourth-order valence-electron chi connectivity index (χ4n) is 4.60. The van der Waals surface area contributed by atoms with Crippen LogP contribution in [0.2, 0.25) is 0 Å². The van der Waals surface area contributed by atoms with Crippen LogP contribution < -0.4 is 15.0 Å². The van der Waals surface area contributed by atoms with Crippen molar-refractivity contribution in [3.05, 3.63) is 65.5 Å². The topological polar surface area (TPSA) is 73.0 Å². The lowest BCUT2D eigenvalue weighted by Gasteiger charge is -2.36. The normalized spacial score (nSPS) is 14.3. The summed E-state index contributed by atoms with van der Waals surface area (Å²) in [5.41, 5.74) is 3.78. The van der Waals surface area contributed by atoms with Gasteiger partial charge in [-0.15, -0.1) is 0 Å². The zero-order chi connectivity index (χ0) is 23.2. The van der Waals surface area contributed by atoms with Gasteiger partial charge < -0.3 is 19.4 Å². The highest BCUT2D eigenvalue weighted by molar-refractivity contribution is 5.97. The van der Waals surface area contributed by atoms with Gasteiger partial charge in [0.1, 0.15) is 17.5 Å². The van der Waals surface area contributed by atoms with E-state index in [9.17, 15) is 10.1 Å². The van der Waals surface area contributed by atoms with Crippen LogP contribution in [-0.4, -0.2) is 61.6 Å². The summed E-state index contributed by atoms with van der Waals surface area (Å²) in [5, 5.41) is 12.5. The number of nitrogens with one attached hydrogen (secondary N) is 1. The van der Waals surface area contributed by atoms with Gasteiger partial charge in [0, 0.05) is 38.9 Å². The molecule has 7 nitrogen and oxygen atoms in total. The molecule has 172 valence electrons. The number of fused-ring (bicyclic) bond motifs is 1. The van der Waals surface area contributed by atoms with E-state index < -0.39 is 0 Å². The first-order valence-electron chi connectivity index (χ1n) is 11.5. The van der Waals surface area contributed by atoms with E-state index >= 15 is 0 Å².